The van der Waals surface area contributed by atoms with Crippen LogP contribution < -0.4 is 0 Å². The summed E-state index contributed by atoms with van der Waals surface area (Å²) in [5, 5.41) is 0.779. The highest BCUT2D eigenvalue weighted by Gasteiger charge is 2.34. The minimum atomic E-state index is -0.0281. The van der Waals surface area contributed by atoms with Gasteiger partial charge in [-0.15, -0.1) is 11.3 Å². The summed E-state index contributed by atoms with van der Waals surface area (Å²) < 4.78 is 0. The van der Waals surface area contributed by atoms with E-state index in [0.717, 1.165) is 52.6 Å². The van der Waals surface area contributed by atoms with Crippen LogP contribution in [-0.2, 0) is 0 Å². The molecule has 0 radical (unpaired) electrons. The first-order chi connectivity index (χ1) is 13.7. The van der Waals surface area contributed by atoms with Crippen molar-refractivity contribution in [1.29, 1.82) is 0 Å². The van der Waals surface area contributed by atoms with Crippen LogP contribution in [0.5, 0.6) is 0 Å². The van der Waals surface area contributed by atoms with E-state index >= 15 is 0 Å². The van der Waals surface area contributed by atoms with Gasteiger partial charge in [-0.1, -0.05) is 18.2 Å². The largest absolute Gasteiger partial charge is 0.340 e. The molecule has 6 nitrogen and oxygen atoms in total. The molecule has 1 aromatic carbocycles. The number of aromatic amines is 1. The molecule has 3 aromatic heterocycles. The molecule has 1 aliphatic heterocycles. The highest BCUT2D eigenvalue weighted by Crippen LogP contribution is 2.35. The number of aromatic nitrogens is 4. The van der Waals surface area contributed by atoms with Gasteiger partial charge in [-0.25, -0.2) is 9.97 Å². The number of imidazole rings is 1. The Labute approximate surface area is 166 Å². The molecule has 1 N–H and O–H groups in total. The Hall–Kier alpha value is -3.06. The van der Waals surface area contributed by atoms with Gasteiger partial charge in [-0.2, -0.15) is 0 Å². The van der Waals surface area contributed by atoms with Crippen molar-refractivity contribution in [2.24, 2.45) is 0 Å². The molecular weight excluding hydrogens is 370 g/mol. The van der Waals surface area contributed by atoms with Gasteiger partial charge in [-0.3, -0.25) is 9.78 Å². The molecule has 4 aromatic rings. The number of pyridine rings is 1. The van der Waals surface area contributed by atoms with E-state index in [2.05, 4.69) is 15.0 Å². The van der Waals surface area contributed by atoms with E-state index < -0.39 is 0 Å². The molecule has 1 saturated heterocycles. The number of benzene rings is 1. The number of thiazole rings is 1. The summed E-state index contributed by atoms with van der Waals surface area (Å²) in [6, 6.07) is 13.7. The number of para-hydroxylation sites is 2. The Morgan fingerprint density at radius 1 is 1.18 bits per heavy atom. The van der Waals surface area contributed by atoms with Gasteiger partial charge in [0.15, 0.2) is 0 Å². The summed E-state index contributed by atoms with van der Waals surface area (Å²) in [6.45, 7) is 2.62. The summed E-state index contributed by atoms with van der Waals surface area (Å²) in [4.78, 5) is 33.0. The Morgan fingerprint density at radius 2 is 2.04 bits per heavy atom. The summed E-state index contributed by atoms with van der Waals surface area (Å²) in [7, 11) is 0. The van der Waals surface area contributed by atoms with Crippen molar-refractivity contribution < 1.29 is 4.79 Å². The molecule has 1 fully saturated rings. The van der Waals surface area contributed by atoms with Gasteiger partial charge in [0.1, 0.15) is 15.7 Å². The monoisotopic (exact) mass is 389 g/mol. The zero-order valence-electron chi connectivity index (χ0n) is 15.4. The summed E-state index contributed by atoms with van der Waals surface area (Å²) >= 11 is 1.41. The standard InChI is InChI=1S/C21H19N5OS/c1-13-18(28-20(23-13)16-9-4-5-11-22-16)21(27)26-12-6-10-17(26)19-24-14-7-2-3-8-15(14)25-19/h2-5,7-9,11,17H,6,10,12H2,1H3,(H,24,25)/t17-/m0/s1. The van der Waals surface area contributed by atoms with Crippen molar-refractivity contribution in [2.75, 3.05) is 6.54 Å². The van der Waals surface area contributed by atoms with Crippen LogP contribution in [0.15, 0.2) is 48.7 Å². The van der Waals surface area contributed by atoms with Crippen molar-refractivity contribution in [3.8, 4) is 10.7 Å². The van der Waals surface area contributed by atoms with Crippen LogP contribution in [0.3, 0.4) is 0 Å². The number of carbonyl (C=O) groups excluding carboxylic acids is 1. The number of aryl methyl sites for hydroxylation is 1. The van der Waals surface area contributed by atoms with Crippen molar-refractivity contribution in [3.05, 3.63) is 65.1 Å². The molecule has 7 heteroatoms. The molecule has 0 spiro atoms. The van der Waals surface area contributed by atoms with Crippen LogP contribution >= 0.6 is 11.3 Å². The Morgan fingerprint density at radius 3 is 2.86 bits per heavy atom. The molecule has 1 amide bonds. The third-order valence-electron chi connectivity index (χ3n) is 5.11. The lowest BCUT2D eigenvalue weighted by molar-refractivity contribution is 0.0734. The van der Waals surface area contributed by atoms with Gasteiger partial charge < -0.3 is 9.88 Å². The lowest BCUT2D eigenvalue weighted by Crippen LogP contribution is -2.31. The maximum absolute atomic E-state index is 13.3. The van der Waals surface area contributed by atoms with E-state index in [1.165, 1.54) is 11.3 Å². The quantitative estimate of drug-likeness (QED) is 0.565. The van der Waals surface area contributed by atoms with Gasteiger partial charge in [0.25, 0.3) is 5.91 Å². The Kier molecular flexibility index (Phi) is 4.16. The average Bonchev–Trinajstić information content (AvgIpc) is 3.45. The van der Waals surface area contributed by atoms with Gasteiger partial charge >= 0.3 is 0 Å². The molecule has 1 atom stereocenters. The van der Waals surface area contributed by atoms with Crippen molar-refractivity contribution in [2.45, 2.75) is 25.8 Å². The molecule has 0 aliphatic carbocycles. The first-order valence-electron chi connectivity index (χ1n) is 9.35. The van der Waals surface area contributed by atoms with E-state index in [1.54, 1.807) is 6.20 Å². The van der Waals surface area contributed by atoms with Crippen LogP contribution in [0.4, 0.5) is 0 Å². The topological polar surface area (TPSA) is 74.8 Å². The maximum atomic E-state index is 13.3. The van der Waals surface area contributed by atoms with Gasteiger partial charge in [0.05, 0.1) is 28.5 Å². The van der Waals surface area contributed by atoms with Crippen LogP contribution in [0.2, 0.25) is 0 Å². The second-order valence-electron chi connectivity index (χ2n) is 6.94. The summed E-state index contributed by atoms with van der Waals surface area (Å²) in [5.74, 6) is 0.888. The van der Waals surface area contributed by atoms with Gasteiger partial charge in [-0.05, 0) is 44.0 Å². The first kappa shape index (κ1) is 17.1. The molecule has 1 aliphatic rings. The minimum absolute atomic E-state index is 0.0279. The summed E-state index contributed by atoms with van der Waals surface area (Å²) in [6.07, 6.45) is 3.63. The van der Waals surface area contributed by atoms with Gasteiger partial charge in [0.2, 0.25) is 0 Å². The number of nitrogens with zero attached hydrogens (tertiary/aromatic N) is 4. The third-order valence-corrected chi connectivity index (χ3v) is 6.28. The normalized spacial score (nSPS) is 16.8. The van der Waals surface area contributed by atoms with E-state index in [1.807, 2.05) is 54.3 Å². The number of H-pyrrole nitrogens is 1. The molecule has 0 saturated carbocycles. The molecule has 28 heavy (non-hydrogen) atoms. The molecular formula is C21H19N5OS. The smallest absolute Gasteiger partial charge is 0.266 e. The molecule has 140 valence electrons. The fourth-order valence-corrected chi connectivity index (χ4v) is 4.75. The number of nitrogens with one attached hydrogen (secondary N) is 1. The van der Waals surface area contributed by atoms with E-state index in [-0.39, 0.29) is 11.9 Å². The highest BCUT2D eigenvalue weighted by atomic mass is 32.1. The Balaban J connectivity index is 1.47. The van der Waals surface area contributed by atoms with Crippen LogP contribution in [0, 0.1) is 6.92 Å². The SMILES string of the molecule is Cc1nc(-c2ccccn2)sc1C(=O)N1CCC[C@H]1c1nc2ccccc2[nH]1. The van der Waals surface area contributed by atoms with Crippen molar-refractivity contribution in [1.82, 2.24) is 24.8 Å². The molecule has 0 unspecified atom stereocenters. The minimum Gasteiger partial charge on any atom is -0.340 e. The maximum Gasteiger partial charge on any atom is 0.266 e. The molecule has 5 rings (SSSR count). The first-order valence-corrected chi connectivity index (χ1v) is 10.2. The number of hydrogen-bond donors (Lipinski definition) is 1. The Bertz CT molecular complexity index is 1120. The van der Waals surface area contributed by atoms with E-state index in [0.29, 0.717) is 4.88 Å². The number of rotatable bonds is 3. The average molecular weight is 389 g/mol. The number of likely N-dealkylation sites (tertiary alicyclic amines) is 1. The number of hydrogen-bond acceptors (Lipinski definition) is 5. The summed E-state index contributed by atoms with van der Waals surface area (Å²) in [5.41, 5.74) is 3.49. The zero-order valence-corrected chi connectivity index (χ0v) is 16.2. The van der Waals surface area contributed by atoms with E-state index in [9.17, 15) is 4.79 Å². The van der Waals surface area contributed by atoms with Crippen molar-refractivity contribution >= 4 is 28.3 Å². The molecule has 4 heterocycles. The predicted octanol–water partition coefficient (Wildman–Crippen LogP) is 4.37. The molecule has 0 bridgehead atoms. The fraction of sp³-hybridized carbons (Fsp3) is 0.238. The zero-order chi connectivity index (χ0) is 19.1. The van der Waals surface area contributed by atoms with Crippen molar-refractivity contribution in [3.63, 3.8) is 0 Å². The lowest BCUT2D eigenvalue weighted by Gasteiger charge is -2.22. The highest BCUT2D eigenvalue weighted by molar-refractivity contribution is 7.17. The lowest BCUT2D eigenvalue weighted by atomic mass is 10.2. The number of carbonyl (C=O) groups is 1. The second kappa shape index (κ2) is 6.83. The van der Waals surface area contributed by atoms with Gasteiger partial charge in [0, 0.05) is 12.7 Å². The third kappa shape index (κ3) is 2.88. The number of fused-ring (bicyclic) bond motifs is 1. The van der Waals surface area contributed by atoms with Crippen LogP contribution in [0.1, 0.15) is 40.1 Å². The van der Waals surface area contributed by atoms with E-state index in [4.69, 9.17) is 4.98 Å². The second-order valence-corrected chi connectivity index (χ2v) is 7.94. The predicted molar refractivity (Wildman–Crippen MR) is 109 cm³/mol. The fourth-order valence-electron chi connectivity index (χ4n) is 3.75. The van der Waals surface area contributed by atoms with Crippen LogP contribution in [-0.4, -0.2) is 37.3 Å². The van der Waals surface area contributed by atoms with Crippen LogP contribution in [0.25, 0.3) is 21.7 Å². The number of amides is 1.